The predicted octanol–water partition coefficient (Wildman–Crippen LogP) is 3.07. The lowest BCUT2D eigenvalue weighted by molar-refractivity contribution is 0.102. The van der Waals surface area contributed by atoms with Crippen molar-refractivity contribution in [1.82, 2.24) is 9.97 Å². The Morgan fingerprint density at radius 3 is 2.62 bits per heavy atom. The van der Waals surface area contributed by atoms with E-state index in [2.05, 4.69) is 20.6 Å². The lowest BCUT2D eigenvalue weighted by atomic mass is 10.1. The number of hydrogen-bond acceptors (Lipinski definition) is 4. The number of carbonyl (C=O) groups excluding carboxylic acids is 1. The molecule has 3 rings (SSSR count). The SMILES string of the molecule is Cc1ccc(NC(=O)c2ccccc2)cc1Nc1nccc(=O)[nH]1. The van der Waals surface area contributed by atoms with Crippen LogP contribution in [-0.2, 0) is 0 Å². The van der Waals surface area contributed by atoms with Crippen molar-refractivity contribution in [2.24, 2.45) is 0 Å². The molecule has 0 bridgehead atoms. The third-order valence-corrected chi connectivity index (χ3v) is 3.46. The lowest BCUT2D eigenvalue weighted by Crippen LogP contribution is -2.12. The van der Waals surface area contributed by atoms with Gasteiger partial charge in [0.2, 0.25) is 5.95 Å². The average molecular weight is 320 g/mol. The summed E-state index contributed by atoms with van der Waals surface area (Å²) in [5, 5.41) is 5.90. The molecule has 0 saturated carbocycles. The van der Waals surface area contributed by atoms with Gasteiger partial charge in [0.05, 0.1) is 0 Å². The number of aryl methyl sites for hydroxylation is 1. The van der Waals surface area contributed by atoms with Crippen LogP contribution in [0.15, 0.2) is 65.6 Å². The third-order valence-electron chi connectivity index (χ3n) is 3.46. The molecule has 0 unspecified atom stereocenters. The molecule has 6 heteroatoms. The molecule has 1 aromatic heterocycles. The zero-order valence-electron chi connectivity index (χ0n) is 13.0. The van der Waals surface area contributed by atoms with Gasteiger partial charge in [-0.3, -0.25) is 14.6 Å². The summed E-state index contributed by atoms with van der Waals surface area (Å²) >= 11 is 0. The number of aromatic nitrogens is 2. The van der Waals surface area contributed by atoms with E-state index in [-0.39, 0.29) is 11.5 Å². The van der Waals surface area contributed by atoms with E-state index < -0.39 is 0 Å². The fraction of sp³-hybridized carbons (Fsp3) is 0.0556. The van der Waals surface area contributed by atoms with Crippen LogP contribution in [0.25, 0.3) is 0 Å². The monoisotopic (exact) mass is 320 g/mol. The van der Waals surface area contributed by atoms with Gasteiger partial charge in [0, 0.05) is 29.2 Å². The van der Waals surface area contributed by atoms with Crippen LogP contribution in [0.2, 0.25) is 0 Å². The highest BCUT2D eigenvalue weighted by Gasteiger charge is 2.07. The van der Waals surface area contributed by atoms with Gasteiger partial charge in [-0.05, 0) is 36.8 Å². The van der Waals surface area contributed by atoms with E-state index in [1.807, 2.05) is 37.3 Å². The lowest BCUT2D eigenvalue weighted by Gasteiger charge is -2.11. The van der Waals surface area contributed by atoms with Gasteiger partial charge in [-0.25, -0.2) is 4.98 Å². The van der Waals surface area contributed by atoms with Gasteiger partial charge < -0.3 is 10.6 Å². The van der Waals surface area contributed by atoms with Gasteiger partial charge in [0.25, 0.3) is 11.5 Å². The van der Waals surface area contributed by atoms with Crippen LogP contribution in [0.1, 0.15) is 15.9 Å². The Hall–Kier alpha value is -3.41. The van der Waals surface area contributed by atoms with Crippen molar-refractivity contribution in [1.29, 1.82) is 0 Å². The quantitative estimate of drug-likeness (QED) is 0.689. The Bertz CT molecular complexity index is 920. The summed E-state index contributed by atoms with van der Waals surface area (Å²) in [4.78, 5) is 30.2. The Morgan fingerprint density at radius 2 is 1.88 bits per heavy atom. The summed E-state index contributed by atoms with van der Waals surface area (Å²) in [6, 6.07) is 15.8. The minimum atomic E-state index is -0.237. The first-order chi connectivity index (χ1) is 11.6. The fourth-order valence-electron chi connectivity index (χ4n) is 2.19. The van der Waals surface area contributed by atoms with Crippen molar-refractivity contribution in [3.8, 4) is 0 Å². The number of benzene rings is 2. The first-order valence-electron chi connectivity index (χ1n) is 7.41. The molecule has 3 aromatic rings. The number of hydrogen-bond donors (Lipinski definition) is 3. The summed E-state index contributed by atoms with van der Waals surface area (Å²) in [7, 11) is 0. The van der Waals surface area contributed by atoms with Gasteiger partial charge in [-0.1, -0.05) is 24.3 Å². The molecule has 0 fully saturated rings. The number of nitrogens with zero attached hydrogens (tertiary/aromatic N) is 1. The topological polar surface area (TPSA) is 86.9 Å². The number of amides is 1. The Balaban J connectivity index is 1.81. The molecule has 0 aliphatic rings. The highest BCUT2D eigenvalue weighted by atomic mass is 16.1. The Kier molecular flexibility index (Phi) is 4.38. The number of anilines is 3. The van der Waals surface area contributed by atoms with Crippen molar-refractivity contribution in [3.63, 3.8) is 0 Å². The van der Waals surface area contributed by atoms with Crippen molar-refractivity contribution in [2.45, 2.75) is 6.92 Å². The summed E-state index contributed by atoms with van der Waals surface area (Å²) in [6.45, 7) is 1.92. The normalized spacial score (nSPS) is 10.2. The molecule has 0 aliphatic heterocycles. The summed E-state index contributed by atoms with van der Waals surface area (Å²) in [5.74, 6) is 0.161. The molecule has 6 nitrogen and oxygen atoms in total. The van der Waals surface area contributed by atoms with Gasteiger partial charge in [0.1, 0.15) is 0 Å². The van der Waals surface area contributed by atoms with E-state index >= 15 is 0 Å². The number of H-pyrrole nitrogens is 1. The molecule has 0 spiro atoms. The second-order valence-electron chi connectivity index (χ2n) is 5.26. The third kappa shape index (κ3) is 3.67. The maximum Gasteiger partial charge on any atom is 0.255 e. The van der Waals surface area contributed by atoms with Crippen LogP contribution in [0.5, 0.6) is 0 Å². The predicted molar refractivity (Wildman–Crippen MR) is 93.7 cm³/mol. The highest BCUT2D eigenvalue weighted by Crippen LogP contribution is 2.22. The summed E-state index contributed by atoms with van der Waals surface area (Å²) in [5.41, 5.74) is 2.70. The van der Waals surface area contributed by atoms with Crippen LogP contribution in [0, 0.1) is 6.92 Å². The van der Waals surface area contributed by atoms with Crippen molar-refractivity contribution < 1.29 is 4.79 Å². The van der Waals surface area contributed by atoms with E-state index in [1.165, 1.54) is 12.3 Å². The summed E-state index contributed by atoms with van der Waals surface area (Å²) in [6.07, 6.45) is 1.43. The molecule has 1 amide bonds. The van der Waals surface area contributed by atoms with E-state index in [9.17, 15) is 9.59 Å². The minimum absolute atomic E-state index is 0.184. The number of rotatable bonds is 4. The molecule has 0 saturated heterocycles. The zero-order chi connectivity index (χ0) is 16.9. The van der Waals surface area contributed by atoms with E-state index in [1.54, 1.807) is 18.2 Å². The standard InChI is InChI=1S/C18H16N4O2/c1-12-7-8-14(20-17(24)13-5-3-2-4-6-13)11-15(12)21-18-19-10-9-16(23)22-18/h2-11H,1H3,(H,20,24)(H2,19,21,22,23). The average Bonchev–Trinajstić information content (AvgIpc) is 2.59. The van der Waals surface area contributed by atoms with Gasteiger partial charge in [-0.15, -0.1) is 0 Å². The molecule has 3 N–H and O–H groups in total. The smallest absolute Gasteiger partial charge is 0.255 e. The molecule has 1 heterocycles. The van der Waals surface area contributed by atoms with Crippen LogP contribution in [0.3, 0.4) is 0 Å². The van der Waals surface area contributed by atoms with Crippen molar-refractivity contribution in [2.75, 3.05) is 10.6 Å². The molecular weight excluding hydrogens is 304 g/mol. The first kappa shape index (κ1) is 15.5. The van der Waals surface area contributed by atoms with Gasteiger partial charge >= 0.3 is 0 Å². The highest BCUT2D eigenvalue weighted by molar-refractivity contribution is 6.04. The molecule has 0 radical (unpaired) electrons. The Morgan fingerprint density at radius 1 is 1.08 bits per heavy atom. The van der Waals surface area contributed by atoms with Crippen molar-refractivity contribution in [3.05, 3.63) is 82.3 Å². The largest absolute Gasteiger partial charge is 0.325 e. The zero-order valence-corrected chi connectivity index (χ0v) is 13.0. The van der Waals surface area contributed by atoms with E-state index in [4.69, 9.17) is 0 Å². The van der Waals surface area contributed by atoms with Crippen molar-refractivity contribution >= 4 is 23.2 Å². The summed E-state index contributed by atoms with van der Waals surface area (Å²) < 4.78 is 0. The van der Waals surface area contributed by atoms with E-state index in [0.29, 0.717) is 17.2 Å². The second-order valence-corrected chi connectivity index (χ2v) is 5.26. The Labute approximate surface area is 138 Å². The molecule has 0 aliphatic carbocycles. The van der Waals surface area contributed by atoms with Crippen LogP contribution < -0.4 is 16.2 Å². The molecule has 120 valence electrons. The van der Waals surface area contributed by atoms with Gasteiger partial charge in [0.15, 0.2) is 0 Å². The number of carbonyl (C=O) groups is 1. The van der Waals surface area contributed by atoms with Crippen LogP contribution >= 0.6 is 0 Å². The fourth-order valence-corrected chi connectivity index (χ4v) is 2.19. The number of aromatic amines is 1. The maximum absolute atomic E-state index is 12.2. The first-order valence-corrected chi connectivity index (χ1v) is 7.41. The van der Waals surface area contributed by atoms with Gasteiger partial charge in [-0.2, -0.15) is 0 Å². The molecule has 2 aromatic carbocycles. The van der Waals surface area contributed by atoms with E-state index in [0.717, 1.165) is 11.3 Å². The minimum Gasteiger partial charge on any atom is -0.325 e. The molecule has 0 atom stereocenters. The van der Waals surface area contributed by atoms with Crippen LogP contribution in [-0.4, -0.2) is 15.9 Å². The number of nitrogens with one attached hydrogen (secondary N) is 3. The second kappa shape index (κ2) is 6.78. The molecular formula is C18H16N4O2. The molecule has 24 heavy (non-hydrogen) atoms. The maximum atomic E-state index is 12.2. The van der Waals surface area contributed by atoms with Crippen LogP contribution in [0.4, 0.5) is 17.3 Å².